The first-order chi connectivity index (χ1) is 13.6. The minimum Gasteiger partial charge on any atom is -0.462 e. The number of ether oxygens (including phenoxy) is 2. The van der Waals surface area contributed by atoms with Gasteiger partial charge in [0, 0.05) is 18.1 Å². The number of aromatic nitrogens is 1. The molecule has 0 unspecified atom stereocenters. The van der Waals surface area contributed by atoms with Crippen molar-refractivity contribution >= 4 is 28.5 Å². The van der Waals surface area contributed by atoms with E-state index in [1.807, 2.05) is 30.3 Å². The number of esters is 2. The zero-order chi connectivity index (χ0) is 19.9. The van der Waals surface area contributed by atoms with E-state index in [0.29, 0.717) is 34.3 Å². The summed E-state index contributed by atoms with van der Waals surface area (Å²) in [5.74, 6) is -0.881. The molecule has 0 saturated carbocycles. The Morgan fingerprint density at radius 1 is 0.964 bits per heavy atom. The maximum Gasteiger partial charge on any atom is 0.341 e. The van der Waals surface area contributed by atoms with Crippen LogP contribution in [-0.2, 0) is 16.0 Å². The van der Waals surface area contributed by atoms with Crippen molar-refractivity contribution in [3.8, 4) is 0 Å². The number of nitrogens with one attached hydrogen (secondary N) is 1. The van der Waals surface area contributed by atoms with Gasteiger partial charge in [-0.25, -0.2) is 9.59 Å². The summed E-state index contributed by atoms with van der Waals surface area (Å²) in [7, 11) is 0. The molecule has 6 nitrogen and oxygen atoms in total. The van der Waals surface area contributed by atoms with E-state index in [4.69, 9.17) is 9.47 Å². The van der Waals surface area contributed by atoms with E-state index in [9.17, 15) is 9.59 Å². The van der Waals surface area contributed by atoms with Crippen LogP contribution in [0.1, 0.15) is 40.1 Å². The highest BCUT2D eigenvalue weighted by molar-refractivity contribution is 6.06. The monoisotopic (exact) mass is 378 g/mol. The first-order valence-corrected chi connectivity index (χ1v) is 9.18. The van der Waals surface area contributed by atoms with Crippen LogP contribution in [-0.4, -0.2) is 30.1 Å². The van der Waals surface area contributed by atoms with Crippen molar-refractivity contribution in [3.05, 3.63) is 71.4 Å². The summed E-state index contributed by atoms with van der Waals surface area (Å²) >= 11 is 0. The zero-order valence-electron chi connectivity index (χ0n) is 15.9. The Bertz CT molecular complexity index is 981. The molecule has 0 amide bonds. The summed E-state index contributed by atoms with van der Waals surface area (Å²) in [5, 5.41) is 3.98. The third-order valence-electron chi connectivity index (χ3n) is 4.19. The van der Waals surface area contributed by atoms with E-state index in [1.54, 1.807) is 32.0 Å². The van der Waals surface area contributed by atoms with Crippen LogP contribution in [0.4, 0.5) is 5.69 Å². The van der Waals surface area contributed by atoms with E-state index in [-0.39, 0.29) is 13.2 Å². The van der Waals surface area contributed by atoms with Gasteiger partial charge < -0.3 is 14.8 Å². The Balaban J connectivity index is 2.07. The van der Waals surface area contributed by atoms with Gasteiger partial charge in [-0.2, -0.15) is 0 Å². The molecule has 0 bridgehead atoms. The molecule has 1 heterocycles. The summed E-state index contributed by atoms with van der Waals surface area (Å²) < 4.78 is 10.3. The van der Waals surface area contributed by atoms with Gasteiger partial charge in [0.15, 0.2) is 0 Å². The highest BCUT2D eigenvalue weighted by atomic mass is 16.5. The average molecular weight is 378 g/mol. The third kappa shape index (κ3) is 4.28. The highest BCUT2D eigenvalue weighted by Crippen LogP contribution is 2.28. The number of anilines is 1. The van der Waals surface area contributed by atoms with Crippen LogP contribution >= 0.6 is 0 Å². The van der Waals surface area contributed by atoms with Gasteiger partial charge in [0.2, 0.25) is 0 Å². The fourth-order valence-electron chi connectivity index (χ4n) is 2.87. The summed E-state index contributed by atoms with van der Waals surface area (Å²) in [5.41, 5.74) is 3.03. The van der Waals surface area contributed by atoms with Gasteiger partial charge in [-0.05, 0) is 37.6 Å². The predicted molar refractivity (Wildman–Crippen MR) is 107 cm³/mol. The number of pyridine rings is 1. The molecule has 1 N–H and O–H groups in total. The molecule has 0 aliphatic carbocycles. The van der Waals surface area contributed by atoms with Crippen molar-refractivity contribution in [1.82, 2.24) is 4.98 Å². The molecule has 0 fully saturated rings. The van der Waals surface area contributed by atoms with Gasteiger partial charge in [-0.15, -0.1) is 0 Å². The van der Waals surface area contributed by atoms with Crippen LogP contribution < -0.4 is 5.32 Å². The van der Waals surface area contributed by atoms with Crippen molar-refractivity contribution < 1.29 is 19.1 Å². The van der Waals surface area contributed by atoms with E-state index in [0.717, 1.165) is 5.56 Å². The second-order valence-corrected chi connectivity index (χ2v) is 6.06. The van der Waals surface area contributed by atoms with Gasteiger partial charge in [0.1, 0.15) is 5.56 Å². The second-order valence-electron chi connectivity index (χ2n) is 6.06. The first-order valence-electron chi connectivity index (χ1n) is 9.18. The molecule has 2 aromatic carbocycles. The number of benzene rings is 2. The van der Waals surface area contributed by atoms with Crippen molar-refractivity contribution in [2.45, 2.75) is 20.4 Å². The van der Waals surface area contributed by atoms with Crippen molar-refractivity contribution in [1.29, 1.82) is 0 Å². The normalized spacial score (nSPS) is 10.5. The molecule has 3 rings (SSSR count). The molecule has 28 heavy (non-hydrogen) atoms. The number of carbonyl (C=O) groups is 2. The van der Waals surface area contributed by atoms with Crippen molar-refractivity contribution in [2.75, 3.05) is 18.5 Å². The largest absolute Gasteiger partial charge is 0.462 e. The lowest BCUT2D eigenvalue weighted by atomic mass is 10.1. The lowest BCUT2D eigenvalue weighted by Gasteiger charge is -2.15. The molecule has 0 spiro atoms. The maximum absolute atomic E-state index is 12.4. The summed E-state index contributed by atoms with van der Waals surface area (Å²) in [6.07, 6.45) is 1.50. The fourth-order valence-corrected chi connectivity index (χ4v) is 2.87. The van der Waals surface area contributed by atoms with Gasteiger partial charge in [-0.1, -0.05) is 30.3 Å². The number of rotatable bonds is 7. The Kier molecular flexibility index (Phi) is 6.22. The molecule has 144 valence electrons. The standard InChI is InChI=1S/C22H22N2O4/c1-3-27-21(25)16-10-11-19-17(12-16)20(18(14-23-19)22(26)28-4-2)24-13-15-8-6-5-7-9-15/h5-12,14H,3-4,13H2,1-2H3,(H,23,24). The summed E-state index contributed by atoms with van der Waals surface area (Å²) in [6, 6.07) is 14.9. The lowest BCUT2D eigenvalue weighted by Crippen LogP contribution is -2.12. The van der Waals surface area contributed by atoms with Crippen LogP contribution in [0, 0.1) is 0 Å². The molecular formula is C22H22N2O4. The number of nitrogens with zero attached hydrogens (tertiary/aromatic N) is 1. The molecular weight excluding hydrogens is 356 g/mol. The molecule has 0 aliphatic rings. The molecule has 0 atom stereocenters. The van der Waals surface area contributed by atoms with Gasteiger partial charge >= 0.3 is 11.9 Å². The fraction of sp³-hybridized carbons (Fsp3) is 0.227. The van der Waals surface area contributed by atoms with E-state index in [1.165, 1.54) is 6.20 Å². The maximum atomic E-state index is 12.4. The van der Waals surface area contributed by atoms with Crippen LogP contribution in [0.25, 0.3) is 10.9 Å². The predicted octanol–water partition coefficient (Wildman–Crippen LogP) is 4.20. The number of carbonyl (C=O) groups excluding carboxylic acids is 2. The topological polar surface area (TPSA) is 77.5 Å². The van der Waals surface area contributed by atoms with E-state index < -0.39 is 11.9 Å². The van der Waals surface area contributed by atoms with Crippen LogP contribution in [0.2, 0.25) is 0 Å². The Morgan fingerprint density at radius 2 is 1.68 bits per heavy atom. The zero-order valence-corrected chi connectivity index (χ0v) is 15.9. The lowest BCUT2D eigenvalue weighted by molar-refractivity contribution is 0.0518. The van der Waals surface area contributed by atoms with E-state index in [2.05, 4.69) is 10.3 Å². The van der Waals surface area contributed by atoms with Crippen molar-refractivity contribution in [3.63, 3.8) is 0 Å². The molecule has 0 radical (unpaired) electrons. The molecule has 1 aromatic heterocycles. The molecule has 0 aliphatic heterocycles. The highest BCUT2D eigenvalue weighted by Gasteiger charge is 2.18. The van der Waals surface area contributed by atoms with Gasteiger partial charge in [0.05, 0.1) is 30.0 Å². The quantitative estimate of drug-likeness (QED) is 0.621. The number of hydrogen-bond acceptors (Lipinski definition) is 6. The number of fused-ring (bicyclic) bond motifs is 1. The van der Waals surface area contributed by atoms with Gasteiger partial charge in [-0.3, -0.25) is 4.98 Å². The summed E-state index contributed by atoms with van der Waals surface area (Å²) in [6.45, 7) is 4.57. The average Bonchev–Trinajstić information content (AvgIpc) is 2.72. The van der Waals surface area contributed by atoms with Crippen LogP contribution in [0.5, 0.6) is 0 Å². The Hall–Kier alpha value is -3.41. The number of hydrogen-bond donors (Lipinski definition) is 1. The molecule has 0 saturated heterocycles. The third-order valence-corrected chi connectivity index (χ3v) is 4.19. The smallest absolute Gasteiger partial charge is 0.341 e. The summed E-state index contributed by atoms with van der Waals surface area (Å²) in [4.78, 5) is 28.9. The SMILES string of the molecule is CCOC(=O)c1ccc2ncc(C(=O)OCC)c(NCc3ccccc3)c2c1. The molecule has 3 aromatic rings. The Labute approximate surface area is 163 Å². The molecule has 6 heteroatoms. The minimum atomic E-state index is -0.464. The first kappa shape index (κ1) is 19.4. The van der Waals surface area contributed by atoms with Gasteiger partial charge in [0.25, 0.3) is 0 Å². The Morgan fingerprint density at radius 3 is 2.39 bits per heavy atom. The van der Waals surface area contributed by atoms with Crippen LogP contribution in [0.15, 0.2) is 54.7 Å². The van der Waals surface area contributed by atoms with Crippen LogP contribution in [0.3, 0.4) is 0 Å². The minimum absolute atomic E-state index is 0.262. The second kappa shape index (κ2) is 8.99. The van der Waals surface area contributed by atoms with E-state index >= 15 is 0 Å². The van der Waals surface area contributed by atoms with Crippen molar-refractivity contribution in [2.24, 2.45) is 0 Å².